The largest absolute Gasteiger partial charge is 0.460 e. The van der Waals surface area contributed by atoms with E-state index in [9.17, 15) is 88.2 Å². The molecule has 0 heterocycles. The van der Waals surface area contributed by atoms with Crippen LogP contribution >= 0.6 is 0 Å². The van der Waals surface area contributed by atoms with Crippen LogP contribution in [0.3, 0.4) is 0 Å². The molecule has 0 fully saturated rings. The maximum Gasteiger partial charge on any atom is 0.460 e. The highest BCUT2D eigenvalue weighted by molar-refractivity contribution is 5.79. The van der Waals surface area contributed by atoms with E-state index in [0.29, 0.717) is 0 Å². The van der Waals surface area contributed by atoms with Crippen molar-refractivity contribution in [3.63, 3.8) is 0 Å². The molecule has 0 rings (SSSR count). The van der Waals surface area contributed by atoms with E-state index in [2.05, 4.69) is 11.3 Å². The predicted molar refractivity (Wildman–Crippen MR) is 61.9 cm³/mol. The lowest BCUT2D eigenvalue weighted by Gasteiger charge is -2.43. The summed E-state index contributed by atoms with van der Waals surface area (Å²) in [6.07, 6.45) is -8.50. The van der Waals surface area contributed by atoms with Gasteiger partial charge in [-0.05, 0) is 0 Å². The van der Waals surface area contributed by atoms with E-state index in [1.165, 1.54) is 0 Å². The summed E-state index contributed by atoms with van der Waals surface area (Å²) in [5, 5.41) is 0. The Morgan fingerprint density at radius 2 is 0.727 bits per heavy atom. The molecule has 0 unspecified atom stereocenters. The molecule has 0 N–H and O–H groups in total. The number of rotatable bonds is 9. The molecular weight excluding hydrogens is 537 g/mol. The summed E-state index contributed by atoms with van der Waals surface area (Å²) < 4.78 is 249. The number of carbonyl (C=O) groups is 1. The zero-order chi connectivity index (χ0) is 27.5. The zero-order valence-corrected chi connectivity index (χ0v) is 14.3. The van der Waals surface area contributed by atoms with E-state index in [1.54, 1.807) is 0 Å². The van der Waals surface area contributed by atoms with E-state index in [1.807, 2.05) is 0 Å². The standard InChI is InChI=1S/C12H3F19O2/c1-2-33-3(32)4(13,14)5(15,16)6(17,18)7(19,20)8(21,22)9(23,24)10(25,26)11(27,28)12(29,30)31/h2H,1H2. The van der Waals surface area contributed by atoms with Crippen LogP contribution in [0.25, 0.3) is 0 Å². The summed E-state index contributed by atoms with van der Waals surface area (Å²) in [5.41, 5.74) is 0. The molecule has 0 aliphatic carbocycles. The lowest BCUT2D eigenvalue weighted by Crippen LogP contribution is -2.76. The first kappa shape index (κ1) is 30.9. The summed E-state index contributed by atoms with van der Waals surface area (Å²) in [5.74, 6) is -72.4. The number of hydrogen-bond donors (Lipinski definition) is 0. The smallest absolute Gasteiger partial charge is 0.431 e. The summed E-state index contributed by atoms with van der Waals surface area (Å²) in [6.45, 7) is 2.23. The summed E-state index contributed by atoms with van der Waals surface area (Å²) in [6, 6.07) is 0. The lowest BCUT2D eigenvalue weighted by molar-refractivity contribution is -0.467. The average Bonchev–Trinajstić information content (AvgIpc) is 2.59. The minimum absolute atomic E-state index is 0.550. The zero-order valence-electron chi connectivity index (χ0n) is 14.3. The van der Waals surface area contributed by atoms with Crippen molar-refractivity contribution in [2.45, 2.75) is 53.6 Å². The molecule has 0 saturated carbocycles. The van der Waals surface area contributed by atoms with Gasteiger partial charge in [0.15, 0.2) is 0 Å². The molecule has 2 nitrogen and oxygen atoms in total. The van der Waals surface area contributed by atoms with Gasteiger partial charge in [0, 0.05) is 0 Å². The first-order valence-corrected chi connectivity index (χ1v) is 6.89. The number of carbonyl (C=O) groups excluding carboxylic acids is 1. The fraction of sp³-hybridized carbons (Fsp3) is 0.750. The fourth-order valence-corrected chi connectivity index (χ4v) is 1.64. The minimum atomic E-state index is -9.04. The highest BCUT2D eigenvalue weighted by Gasteiger charge is 2.97. The Morgan fingerprint density at radius 1 is 0.485 bits per heavy atom. The highest BCUT2D eigenvalue weighted by Crippen LogP contribution is 2.65. The van der Waals surface area contributed by atoms with Crippen LogP contribution in [0.15, 0.2) is 12.8 Å². The third kappa shape index (κ3) is 3.73. The van der Waals surface area contributed by atoms with Gasteiger partial charge in [-0.15, -0.1) is 0 Å². The molecule has 0 bridgehead atoms. The first-order chi connectivity index (χ1) is 14.0. The van der Waals surface area contributed by atoms with Gasteiger partial charge in [-0.2, -0.15) is 83.4 Å². The lowest BCUT2D eigenvalue weighted by atomic mass is 9.87. The molecule has 0 radical (unpaired) electrons. The Morgan fingerprint density at radius 3 is 0.970 bits per heavy atom. The van der Waals surface area contributed by atoms with Crippen molar-refractivity contribution < 1.29 is 92.9 Å². The van der Waals surface area contributed by atoms with Crippen LogP contribution in [0.2, 0.25) is 0 Å². The second kappa shape index (κ2) is 7.70. The maximum absolute atomic E-state index is 13.3. The van der Waals surface area contributed by atoms with Crippen LogP contribution in [-0.2, 0) is 9.53 Å². The third-order valence-electron chi connectivity index (χ3n) is 3.56. The van der Waals surface area contributed by atoms with Crippen LogP contribution in [0.5, 0.6) is 0 Å². The average molecular weight is 540 g/mol. The van der Waals surface area contributed by atoms with Crippen LogP contribution in [0.1, 0.15) is 0 Å². The molecule has 0 aliphatic heterocycles. The Hall–Kier alpha value is -2.12. The Labute approximate surface area is 166 Å². The molecule has 0 amide bonds. The van der Waals surface area contributed by atoms with Crippen molar-refractivity contribution in [2.75, 3.05) is 0 Å². The van der Waals surface area contributed by atoms with E-state index < -0.39 is 65.8 Å². The molecular formula is C12H3F19O2. The van der Waals surface area contributed by atoms with Crippen molar-refractivity contribution in [2.24, 2.45) is 0 Å². The van der Waals surface area contributed by atoms with Gasteiger partial charge >= 0.3 is 59.5 Å². The van der Waals surface area contributed by atoms with Crippen molar-refractivity contribution in [3.8, 4) is 0 Å². The van der Waals surface area contributed by atoms with E-state index in [4.69, 9.17) is 0 Å². The second-order valence-corrected chi connectivity index (χ2v) is 5.66. The molecule has 0 spiro atoms. The van der Waals surface area contributed by atoms with Gasteiger partial charge in [-0.1, -0.05) is 6.58 Å². The van der Waals surface area contributed by atoms with Gasteiger partial charge in [-0.3, -0.25) is 0 Å². The predicted octanol–water partition coefficient (Wildman–Crippen LogP) is 6.32. The summed E-state index contributed by atoms with van der Waals surface area (Å²) in [7, 11) is 0. The Kier molecular flexibility index (Phi) is 7.21. The molecule has 0 saturated heterocycles. The van der Waals surface area contributed by atoms with E-state index >= 15 is 0 Å². The van der Waals surface area contributed by atoms with Crippen molar-refractivity contribution in [1.82, 2.24) is 0 Å². The maximum atomic E-state index is 13.3. The number of halogens is 19. The Balaban J connectivity index is 6.95. The molecule has 0 atom stereocenters. The van der Waals surface area contributed by atoms with Crippen molar-refractivity contribution >= 4 is 5.97 Å². The molecule has 196 valence electrons. The van der Waals surface area contributed by atoms with Gasteiger partial charge < -0.3 is 4.74 Å². The molecule has 0 aromatic heterocycles. The third-order valence-corrected chi connectivity index (χ3v) is 3.56. The molecule has 21 heteroatoms. The Bertz CT molecular complexity index is 761. The van der Waals surface area contributed by atoms with Crippen LogP contribution in [-0.4, -0.2) is 59.5 Å². The summed E-state index contributed by atoms with van der Waals surface area (Å²) in [4.78, 5) is 10.6. The molecule has 0 aliphatic rings. The topological polar surface area (TPSA) is 26.3 Å². The SMILES string of the molecule is C=COC(=O)C(F)(F)C(F)(F)C(F)(F)C(F)(F)C(F)(F)C(F)(F)C(F)(F)C(F)(F)C(F)(F)F. The van der Waals surface area contributed by atoms with Crippen molar-refractivity contribution in [1.29, 1.82) is 0 Å². The van der Waals surface area contributed by atoms with Gasteiger partial charge in [0.2, 0.25) is 0 Å². The second-order valence-electron chi connectivity index (χ2n) is 5.66. The van der Waals surface area contributed by atoms with Crippen molar-refractivity contribution in [3.05, 3.63) is 12.8 Å². The minimum Gasteiger partial charge on any atom is -0.431 e. The van der Waals surface area contributed by atoms with Gasteiger partial charge in [0.1, 0.15) is 0 Å². The van der Waals surface area contributed by atoms with Crippen LogP contribution in [0.4, 0.5) is 83.4 Å². The van der Waals surface area contributed by atoms with Gasteiger partial charge in [0.05, 0.1) is 6.26 Å². The quantitative estimate of drug-likeness (QED) is 0.195. The highest BCUT2D eigenvalue weighted by atomic mass is 19.4. The monoisotopic (exact) mass is 540 g/mol. The number of alkyl halides is 19. The van der Waals surface area contributed by atoms with Gasteiger partial charge in [-0.25, -0.2) is 4.79 Å². The fourth-order valence-electron chi connectivity index (χ4n) is 1.64. The van der Waals surface area contributed by atoms with E-state index in [-0.39, 0.29) is 0 Å². The molecule has 33 heavy (non-hydrogen) atoms. The van der Waals surface area contributed by atoms with E-state index in [0.717, 1.165) is 0 Å². The van der Waals surface area contributed by atoms with Crippen LogP contribution < -0.4 is 0 Å². The molecule has 0 aromatic carbocycles. The van der Waals surface area contributed by atoms with Gasteiger partial charge in [0.25, 0.3) is 0 Å². The normalized spacial score (nSPS) is 16.0. The number of esters is 1. The van der Waals surface area contributed by atoms with Crippen LogP contribution in [0, 0.1) is 0 Å². The number of hydrogen-bond acceptors (Lipinski definition) is 2. The number of ether oxygens (including phenoxy) is 1. The first-order valence-electron chi connectivity index (χ1n) is 6.89. The summed E-state index contributed by atoms with van der Waals surface area (Å²) >= 11 is 0. The molecule has 0 aromatic rings.